The number of carboxylic acids is 1. The number of aliphatic carboxylic acids is 1. The number of carbonyl (C=O) groups is 3. The zero-order chi connectivity index (χ0) is 35.2. The topological polar surface area (TPSA) is 232 Å². The molecule has 0 unspecified atom stereocenters. The molecule has 13 nitrogen and oxygen atoms in total. The summed E-state index contributed by atoms with van der Waals surface area (Å²) < 4.78 is 11.3. The molecule has 0 radical (unpaired) electrons. The number of aliphatic hydroxyl groups excluding tert-OH is 2. The fourth-order valence-electron chi connectivity index (χ4n) is 5.69. The number of hydrogen-bond donors (Lipinski definition) is 8. The lowest BCUT2D eigenvalue weighted by Gasteiger charge is -2.52. The van der Waals surface area contributed by atoms with E-state index in [0.29, 0.717) is 12.0 Å². The number of aliphatic hydroxyl groups is 3. The molecule has 1 saturated carbocycles. The minimum absolute atomic E-state index is 0.251. The molecular formula is C35H36O13. The average molecular weight is 665 g/mol. The van der Waals surface area contributed by atoms with Gasteiger partial charge < -0.3 is 50.3 Å². The number of carbonyl (C=O) groups excluding carboxylic acids is 2. The molecule has 1 fully saturated rings. The largest absolute Gasteiger partial charge is 0.504 e. The van der Waals surface area contributed by atoms with E-state index in [4.69, 9.17) is 9.47 Å². The normalized spacial score (nSPS) is 24.0. The van der Waals surface area contributed by atoms with Gasteiger partial charge in [0, 0.05) is 24.5 Å². The van der Waals surface area contributed by atoms with Gasteiger partial charge in [-0.3, -0.25) is 0 Å². The number of hydrogen-bond acceptors (Lipinski definition) is 12. The van der Waals surface area contributed by atoms with Crippen molar-refractivity contribution >= 4 is 30.1 Å². The second kappa shape index (κ2) is 14.6. The molecular weight excluding hydrogens is 628 g/mol. The van der Waals surface area contributed by atoms with Gasteiger partial charge in [0.15, 0.2) is 40.3 Å². The van der Waals surface area contributed by atoms with Crippen LogP contribution in [0, 0.1) is 5.92 Å². The Morgan fingerprint density at radius 2 is 1.40 bits per heavy atom. The van der Waals surface area contributed by atoms with E-state index in [1.807, 2.05) is 13.0 Å². The molecule has 13 heteroatoms. The van der Waals surface area contributed by atoms with Crippen LogP contribution in [0.2, 0.25) is 0 Å². The monoisotopic (exact) mass is 664 g/mol. The van der Waals surface area contributed by atoms with Gasteiger partial charge in [-0.15, -0.1) is 0 Å². The Hall–Kier alpha value is -5.37. The summed E-state index contributed by atoms with van der Waals surface area (Å²) in [6.07, 6.45) is -0.386. The van der Waals surface area contributed by atoms with Gasteiger partial charge in [0.2, 0.25) is 0 Å². The Kier molecular flexibility index (Phi) is 10.8. The van der Waals surface area contributed by atoms with E-state index in [1.54, 1.807) is 18.2 Å². The van der Waals surface area contributed by atoms with E-state index in [9.17, 15) is 55.2 Å². The minimum atomic E-state index is -2.73. The molecule has 3 aromatic rings. The van der Waals surface area contributed by atoms with Gasteiger partial charge in [-0.25, -0.2) is 14.4 Å². The summed E-state index contributed by atoms with van der Waals surface area (Å²) in [4.78, 5) is 39.0. The van der Waals surface area contributed by atoms with Crippen LogP contribution in [0.5, 0.6) is 23.0 Å². The van der Waals surface area contributed by atoms with E-state index in [0.717, 1.165) is 29.8 Å². The van der Waals surface area contributed by atoms with Crippen molar-refractivity contribution in [1.82, 2.24) is 0 Å². The van der Waals surface area contributed by atoms with Crippen molar-refractivity contribution in [1.29, 1.82) is 0 Å². The third-order valence-electron chi connectivity index (χ3n) is 8.36. The van der Waals surface area contributed by atoms with Crippen molar-refractivity contribution in [2.24, 2.45) is 5.92 Å². The first-order chi connectivity index (χ1) is 22.7. The molecule has 0 saturated heterocycles. The van der Waals surface area contributed by atoms with E-state index in [2.05, 4.69) is 0 Å². The number of aryl methyl sites for hydroxylation is 1. The van der Waals surface area contributed by atoms with Gasteiger partial charge in [0.05, 0.1) is 6.61 Å². The summed E-state index contributed by atoms with van der Waals surface area (Å²) in [5.41, 5.74) is -3.30. The van der Waals surface area contributed by atoms with E-state index >= 15 is 0 Å². The average Bonchev–Trinajstić information content (AvgIpc) is 3.05. The summed E-state index contributed by atoms with van der Waals surface area (Å²) in [6.45, 7) is 0.736. The first-order valence-electron chi connectivity index (χ1n) is 14.9. The molecule has 48 heavy (non-hydrogen) atoms. The van der Waals surface area contributed by atoms with Gasteiger partial charge in [-0.1, -0.05) is 43.3 Å². The molecule has 0 amide bonds. The number of rotatable bonds is 11. The second-order valence-electron chi connectivity index (χ2n) is 11.5. The minimum Gasteiger partial charge on any atom is -0.504 e. The smallest absolute Gasteiger partial charge is 0.336 e. The molecule has 0 aliphatic heterocycles. The molecule has 3 aromatic carbocycles. The van der Waals surface area contributed by atoms with Crippen LogP contribution in [0.1, 0.15) is 35.6 Å². The fraction of sp³-hybridized carbons (Fsp3) is 0.286. The molecule has 4 rings (SSSR count). The second-order valence-corrected chi connectivity index (χ2v) is 11.5. The van der Waals surface area contributed by atoms with Crippen LogP contribution in [0.15, 0.2) is 72.8 Å². The highest BCUT2D eigenvalue weighted by Gasteiger charge is 2.66. The van der Waals surface area contributed by atoms with Crippen LogP contribution in [0.3, 0.4) is 0 Å². The van der Waals surface area contributed by atoms with Crippen molar-refractivity contribution in [3.8, 4) is 23.0 Å². The quantitative estimate of drug-likeness (QED) is 0.0837. The van der Waals surface area contributed by atoms with Crippen molar-refractivity contribution < 1.29 is 64.7 Å². The van der Waals surface area contributed by atoms with Crippen molar-refractivity contribution in [2.75, 3.05) is 6.61 Å². The van der Waals surface area contributed by atoms with E-state index in [1.165, 1.54) is 36.4 Å². The number of carboxylic acid groups (broad SMARTS) is 1. The zero-order valence-electron chi connectivity index (χ0n) is 25.8. The third-order valence-corrected chi connectivity index (χ3v) is 8.36. The molecule has 0 bridgehead atoms. The van der Waals surface area contributed by atoms with Gasteiger partial charge in [0.1, 0.15) is 6.10 Å². The van der Waals surface area contributed by atoms with Crippen LogP contribution < -0.4 is 0 Å². The Labute approximate surface area is 274 Å². The highest BCUT2D eigenvalue weighted by molar-refractivity contribution is 5.89. The first kappa shape index (κ1) is 35.5. The van der Waals surface area contributed by atoms with Crippen LogP contribution in [-0.4, -0.2) is 88.8 Å². The highest BCUT2D eigenvalue weighted by Crippen LogP contribution is 2.46. The van der Waals surface area contributed by atoms with Gasteiger partial charge in [-0.05, 0) is 71.5 Å². The summed E-state index contributed by atoms with van der Waals surface area (Å²) in [7, 11) is 0. The van der Waals surface area contributed by atoms with E-state index in [-0.39, 0.29) is 17.5 Å². The number of esters is 2. The maximum atomic E-state index is 13.3. The number of ether oxygens (including phenoxy) is 2. The third kappa shape index (κ3) is 7.60. The molecule has 8 N–H and O–H groups in total. The molecule has 1 aliphatic rings. The number of phenols is 4. The fourth-order valence-corrected chi connectivity index (χ4v) is 5.69. The predicted octanol–water partition coefficient (Wildman–Crippen LogP) is 2.42. The summed E-state index contributed by atoms with van der Waals surface area (Å²) in [5, 5.41) is 82.5. The van der Waals surface area contributed by atoms with Crippen LogP contribution in [0.4, 0.5) is 0 Å². The van der Waals surface area contributed by atoms with Crippen molar-refractivity contribution in [2.45, 2.75) is 49.6 Å². The molecule has 5 atom stereocenters. The lowest BCUT2D eigenvalue weighted by atomic mass is 9.63. The SMILES string of the molecule is CCc1cccc(C[C@H]2[C@@H](OC(=O)/C=C/c3ccc(O)c(O)c3)[C@@](CO)(OC(=O)/C=C/c3ccc(O)c(O)c3)[C@H](O)C[C@]2(O)C(=O)O)c1. The van der Waals surface area contributed by atoms with Crippen LogP contribution >= 0.6 is 0 Å². The maximum Gasteiger partial charge on any atom is 0.336 e. The zero-order valence-corrected chi connectivity index (χ0v) is 25.8. The first-order valence-corrected chi connectivity index (χ1v) is 14.9. The maximum absolute atomic E-state index is 13.3. The molecule has 0 spiro atoms. The lowest BCUT2D eigenvalue weighted by molar-refractivity contribution is -0.266. The number of phenolic OH excluding ortho intramolecular Hbond substituents is 4. The number of benzene rings is 3. The highest BCUT2D eigenvalue weighted by atomic mass is 16.6. The summed E-state index contributed by atoms with van der Waals surface area (Å²) in [5.74, 6) is -7.39. The molecule has 254 valence electrons. The van der Waals surface area contributed by atoms with Crippen molar-refractivity contribution in [3.05, 3.63) is 95.1 Å². The predicted molar refractivity (Wildman–Crippen MR) is 170 cm³/mol. The lowest BCUT2D eigenvalue weighted by Crippen LogP contribution is -2.72. The number of aromatic hydroxyl groups is 4. The standard InChI is InChI=1S/C35H36O13/c1-2-20-4-3-5-23(14-20)15-24-32(47-30(42)12-8-21-6-10-25(37)27(39)16-21)35(19-36,29(41)18-34(24,46)33(44)45)48-31(43)13-9-22-7-11-26(38)28(40)17-22/h3-14,16-17,24,29,32,36-41,46H,2,15,18-19H2,1H3,(H,44,45)/b12-8+,13-9+/t24-,29+,32+,34+,35-/m0/s1. The van der Waals surface area contributed by atoms with Crippen molar-refractivity contribution in [3.63, 3.8) is 0 Å². The Morgan fingerprint density at radius 1 is 0.833 bits per heavy atom. The van der Waals surface area contributed by atoms with Gasteiger partial charge in [-0.2, -0.15) is 0 Å². The van der Waals surface area contributed by atoms with E-state index < -0.39 is 83.3 Å². The Bertz CT molecular complexity index is 1730. The molecule has 1 aliphatic carbocycles. The molecule has 0 aromatic heterocycles. The Morgan fingerprint density at radius 3 is 1.92 bits per heavy atom. The van der Waals surface area contributed by atoms with Gasteiger partial charge >= 0.3 is 17.9 Å². The van der Waals surface area contributed by atoms with Gasteiger partial charge in [0.25, 0.3) is 0 Å². The van der Waals surface area contributed by atoms with Crippen LogP contribution in [0.25, 0.3) is 12.2 Å². The summed E-state index contributed by atoms with van der Waals surface area (Å²) in [6, 6.07) is 14.3. The Balaban J connectivity index is 1.77. The molecule has 0 heterocycles. The summed E-state index contributed by atoms with van der Waals surface area (Å²) >= 11 is 0. The van der Waals surface area contributed by atoms with Crippen LogP contribution in [-0.2, 0) is 36.7 Å².